The smallest absolute Gasteiger partial charge is 0.264 e. The van der Waals surface area contributed by atoms with E-state index in [-0.39, 0.29) is 23.0 Å². The third kappa shape index (κ3) is 5.57. The van der Waals surface area contributed by atoms with Crippen molar-refractivity contribution < 1.29 is 26.7 Å². The van der Waals surface area contributed by atoms with Gasteiger partial charge in [0.15, 0.2) is 0 Å². The van der Waals surface area contributed by atoms with Gasteiger partial charge in [-0.1, -0.05) is 6.07 Å². The first kappa shape index (κ1) is 24.6. The zero-order chi connectivity index (χ0) is 24.6. The number of likely N-dealkylation sites (tertiary alicyclic amines) is 1. The van der Waals surface area contributed by atoms with Crippen LogP contribution in [0, 0.1) is 0 Å². The topological polar surface area (TPSA) is 134 Å². The molecule has 1 fully saturated rings. The van der Waals surface area contributed by atoms with Crippen LogP contribution in [0.5, 0.6) is 0 Å². The van der Waals surface area contributed by atoms with Gasteiger partial charge in [0, 0.05) is 30.6 Å². The molecule has 2 N–H and O–H groups in total. The molecule has 2 heterocycles. The standard InChI is InChI=1S/C22H25N3O6S3/c1-33(28,29)14-11-22(27)9-12-25(13-10-22)21(26)16-5-7-17(8-6-16)24-34(30,31)19-4-2-3-18-20(19)23-15-32-18/h2-8,15,24,27H,9-14H2,1H3. The molecular weight excluding hydrogens is 498 g/mol. The molecule has 1 amide bonds. The van der Waals surface area contributed by atoms with Crippen molar-refractivity contribution in [2.75, 3.05) is 29.8 Å². The van der Waals surface area contributed by atoms with Crippen molar-refractivity contribution in [2.45, 2.75) is 29.8 Å². The Morgan fingerprint density at radius 1 is 1.12 bits per heavy atom. The van der Waals surface area contributed by atoms with Crippen molar-refractivity contribution >= 4 is 53.0 Å². The van der Waals surface area contributed by atoms with Crippen molar-refractivity contribution in [3.63, 3.8) is 0 Å². The maximum atomic E-state index is 12.9. The molecule has 1 aliphatic heterocycles. The maximum Gasteiger partial charge on any atom is 0.264 e. The molecule has 0 unspecified atom stereocenters. The van der Waals surface area contributed by atoms with Gasteiger partial charge in [-0.2, -0.15) is 0 Å². The third-order valence-corrected chi connectivity index (χ3v) is 9.07. The number of sulfonamides is 1. The van der Waals surface area contributed by atoms with Crippen molar-refractivity contribution in [3.8, 4) is 0 Å². The number of fused-ring (bicyclic) bond motifs is 1. The van der Waals surface area contributed by atoms with E-state index in [9.17, 15) is 26.7 Å². The molecule has 12 heteroatoms. The molecule has 0 atom stereocenters. The second-order valence-corrected chi connectivity index (χ2v) is 13.3. The molecule has 3 aromatic rings. The first-order valence-corrected chi connectivity index (χ1v) is 15.0. The van der Waals surface area contributed by atoms with Crippen LogP contribution >= 0.6 is 11.3 Å². The second-order valence-electron chi connectivity index (χ2n) is 8.53. The number of aromatic nitrogens is 1. The fourth-order valence-electron chi connectivity index (χ4n) is 3.90. The number of hydrogen-bond donors (Lipinski definition) is 2. The summed E-state index contributed by atoms with van der Waals surface area (Å²) in [6, 6.07) is 11.1. The van der Waals surface area contributed by atoms with E-state index in [2.05, 4.69) is 9.71 Å². The number of aliphatic hydroxyl groups is 1. The SMILES string of the molecule is CS(=O)(=O)CCC1(O)CCN(C(=O)c2ccc(NS(=O)(=O)c3cccc4scnc34)cc2)CC1. The molecule has 0 aliphatic carbocycles. The minimum absolute atomic E-state index is 0.0862. The molecule has 34 heavy (non-hydrogen) atoms. The van der Waals surface area contributed by atoms with Gasteiger partial charge in [0.2, 0.25) is 0 Å². The highest BCUT2D eigenvalue weighted by Gasteiger charge is 2.34. The Morgan fingerprint density at radius 2 is 1.79 bits per heavy atom. The van der Waals surface area contributed by atoms with Crippen LogP contribution in [-0.4, -0.2) is 68.4 Å². The lowest BCUT2D eigenvalue weighted by atomic mass is 9.88. The normalized spacial score (nSPS) is 16.5. The average Bonchev–Trinajstić information content (AvgIpc) is 3.27. The number of nitrogens with zero attached hydrogens (tertiary/aromatic N) is 2. The fourth-order valence-corrected chi connectivity index (χ4v) is 6.65. The highest BCUT2D eigenvalue weighted by Crippen LogP contribution is 2.28. The van der Waals surface area contributed by atoms with E-state index in [4.69, 9.17) is 0 Å². The van der Waals surface area contributed by atoms with Gasteiger partial charge in [0.1, 0.15) is 20.2 Å². The van der Waals surface area contributed by atoms with Crippen LogP contribution in [0.25, 0.3) is 10.2 Å². The van der Waals surface area contributed by atoms with Crippen LogP contribution in [0.1, 0.15) is 29.6 Å². The minimum Gasteiger partial charge on any atom is -0.390 e. The fraction of sp³-hybridized carbons (Fsp3) is 0.364. The predicted molar refractivity (Wildman–Crippen MR) is 131 cm³/mol. The molecule has 1 saturated heterocycles. The van der Waals surface area contributed by atoms with E-state index in [0.29, 0.717) is 42.7 Å². The number of para-hydroxylation sites is 1. The van der Waals surface area contributed by atoms with Crippen molar-refractivity contribution in [1.29, 1.82) is 0 Å². The Kier molecular flexibility index (Phi) is 6.69. The van der Waals surface area contributed by atoms with Crippen LogP contribution in [0.2, 0.25) is 0 Å². The number of carbonyl (C=O) groups is 1. The van der Waals surface area contributed by atoms with Crippen LogP contribution in [-0.2, 0) is 19.9 Å². The second kappa shape index (κ2) is 9.25. The molecule has 182 valence electrons. The summed E-state index contributed by atoms with van der Waals surface area (Å²) in [4.78, 5) is 18.7. The molecule has 9 nitrogen and oxygen atoms in total. The minimum atomic E-state index is -3.86. The summed E-state index contributed by atoms with van der Waals surface area (Å²) in [5.74, 6) is -0.321. The lowest BCUT2D eigenvalue weighted by Crippen LogP contribution is -2.47. The highest BCUT2D eigenvalue weighted by atomic mass is 32.2. The summed E-state index contributed by atoms with van der Waals surface area (Å²) in [6.07, 6.45) is 1.89. The van der Waals surface area contributed by atoms with Crippen molar-refractivity contribution in [1.82, 2.24) is 9.88 Å². The molecule has 0 saturated carbocycles. The summed E-state index contributed by atoms with van der Waals surface area (Å²) in [7, 11) is -7.03. The van der Waals surface area contributed by atoms with E-state index in [0.717, 1.165) is 11.0 Å². The summed E-state index contributed by atoms with van der Waals surface area (Å²) in [5, 5.41) is 10.6. The van der Waals surface area contributed by atoms with Gasteiger partial charge < -0.3 is 10.0 Å². The number of piperidine rings is 1. The number of thiazole rings is 1. The first-order valence-electron chi connectivity index (χ1n) is 10.6. The number of anilines is 1. The number of carbonyl (C=O) groups excluding carboxylic acids is 1. The quantitative estimate of drug-likeness (QED) is 0.486. The van der Waals surface area contributed by atoms with Gasteiger partial charge in [-0.25, -0.2) is 21.8 Å². The van der Waals surface area contributed by atoms with E-state index < -0.39 is 25.5 Å². The van der Waals surface area contributed by atoms with Crippen LogP contribution in [0.15, 0.2) is 52.9 Å². The largest absolute Gasteiger partial charge is 0.390 e. The number of sulfone groups is 1. The van der Waals surface area contributed by atoms with Gasteiger partial charge in [-0.05, 0) is 55.7 Å². The molecule has 4 rings (SSSR count). The lowest BCUT2D eigenvalue weighted by molar-refractivity contribution is -0.0187. The lowest BCUT2D eigenvalue weighted by Gasteiger charge is -2.38. The Hall–Kier alpha value is -2.54. The Labute approximate surface area is 202 Å². The van der Waals surface area contributed by atoms with E-state index in [1.165, 1.54) is 29.5 Å². The number of rotatable bonds is 7. The van der Waals surface area contributed by atoms with Crippen LogP contribution < -0.4 is 4.72 Å². The number of amides is 1. The maximum absolute atomic E-state index is 12.9. The number of nitrogens with one attached hydrogen (secondary N) is 1. The van der Waals surface area contributed by atoms with Crippen LogP contribution in [0.4, 0.5) is 5.69 Å². The third-order valence-electron chi connectivity index (χ3n) is 5.92. The molecule has 2 aromatic carbocycles. The molecule has 0 radical (unpaired) electrons. The Bertz CT molecular complexity index is 1410. The summed E-state index contributed by atoms with van der Waals surface area (Å²) in [6.45, 7) is 0.621. The van der Waals surface area contributed by atoms with Crippen molar-refractivity contribution in [3.05, 3.63) is 53.5 Å². The molecule has 0 bridgehead atoms. The zero-order valence-electron chi connectivity index (χ0n) is 18.5. The number of benzene rings is 2. The Morgan fingerprint density at radius 3 is 2.44 bits per heavy atom. The van der Waals surface area contributed by atoms with Gasteiger partial charge >= 0.3 is 0 Å². The average molecular weight is 524 g/mol. The monoisotopic (exact) mass is 523 g/mol. The molecule has 1 aromatic heterocycles. The molecule has 0 spiro atoms. The van der Waals surface area contributed by atoms with Gasteiger partial charge in [0.25, 0.3) is 15.9 Å². The highest BCUT2D eigenvalue weighted by molar-refractivity contribution is 7.93. The van der Waals surface area contributed by atoms with E-state index in [1.54, 1.807) is 34.7 Å². The van der Waals surface area contributed by atoms with Gasteiger partial charge in [-0.3, -0.25) is 9.52 Å². The van der Waals surface area contributed by atoms with Gasteiger partial charge in [-0.15, -0.1) is 11.3 Å². The van der Waals surface area contributed by atoms with Gasteiger partial charge in [0.05, 0.1) is 21.6 Å². The predicted octanol–water partition coefficient (Wildman–Crippen LogP) is 2.50. The Balaban J connectivity index is 1.40. The number of hydrogen-bond acceptors (Lipinski definition) is 8. The summed E-state index contributed by atoms with van der Waals surface area (Å²) in [5.41, 5.74) is 1.62. The van der Waals surface area contributed by atoms with Crippen LogP contribution in [0.3, 0.4) is 0 Å². The molecular formula is C22H25N3O6S3. The summed E-state index contributed by atoms with van der Waals surface area (Å²) < 4.78 is 51.8. The van der Waals surface area contributed by atoms with E-state index >= 15 is 0 Å². The summed E-state index contributed by atoms with van der Waals surface area (Å²) >= 11 is 1.36. The van der Waals surface area contributed by atoms with E-state index in [1.807, 2.05) is 0 Å². The first-order chi connectivity index (χ1) is 16.0. The van der Waals surface area contributed by atoms with Crippen molar-refractivity contribution in [2.24, 2.45) is 0 Å². The zero-order valence-corrected chi connectivity index (χ0v) is 20.9. The molecule has 1 aliphatic rings.